The second-order valence-corrected chi connectivity index (χ2v) is 3.61. The van der Waals surface area contributed by atoms with E-state index in [2.05, 4.69) is 0 Å². The molecule has 1 rings (SSSR count). The summed E-state index contributed by atoms with van der Waals surface area (Å²) in [6.45, 7) is 1.93. The number of nitro groups is 1. The minimum atomic E-state index is -0.275. The largest absolute Gasteiger partial charge is 0.265 e. The molecular formula is C10H12ClNO2. The molecule has 14 heavy (non-hydrogen) atoms. The number of halogens is 1. The van der Waals surface area contributed by atoms with Crippen LogP contribution in [-0.2, 0) is 0 Å². The Hall–Kier alpha value is -1.09. The smallest absolute Gasteiger partial charge is 0.210 e. The van der Waals surface area contributed by atoms with Gasteiger partial charge in [0.05, 0.1) is 0 Å². The highest BCUT2D eigenvalue weighted by atomic mass is 35.5. The first-order chi connectivity index (χ1) is 6.63. The molecule has 0 unspecified atom stereocenters. The van der Waals surface area contributed by atoms with E-state index in [1.807, 2.05) is 19.1 Å². The summed E-state index contributed by atoms with van der Waals surface area (Å²) in [5, 5.41) is 11.0. The molecule has 0 fully saturated rings. The van der Waals surface area contributed by atoms with Crippen molar-refractivity contribution in [3.05, 3.63) is 45.0 Å². The van der Waals surface area contributed by atoms with E-state index in [-0.39, 0.29) is 17.4 Å². The van der Waals surface area contributed by atoms with Gasteiger partial charge in [-0.1, -0.05) is 30.7 Å². The minimum Gasteiger partial charge on any atom is -0.265 e. The van der Waals surface area contributed by atoms with E-state index in [1.54, 1.807) is 12.1 Å². The van der Waals surface area contributed by atoms with Crippen molar-refractivity contribution in [2.75, 3.05) is 6.54 Å². The number of hydrogen-bond donors (Lipinski definition) is 0. The molecule has 0 aromatic heterocycles. The zero-order chi connectivity index (χ0) is 10.6. The Morgan fingerprint density at radius 3 is 2.43 bits per heavy atom. The Labute approximate surface area is 87.8 Å². The average Bonchev–Trinajstić information content (AvgIpc) is 2.15. The normalized spacial score (nSPS) is 12.4. The van der Waals surface area contributed by atoms with Crippen LogP contribution in [0, 0.1) is 10.1 Å². The molecule has 1 aromatic rings. The van der Waals surface area contributed by atoms with Gasteiger partial charge in [0.15, 0.2) is 0 Å². The highest BCUT2D eigenvalue weighted by Gasteiger charge is 2.14. The molecule has 0 aliphatic rings. The first-order valence-corrected chi connectivity index (χ1v) is 4.88. The Balaban J connectivity index is 2.78. The Morgan fingerprint density at radius 1 is 1.43 bits per heavy atom. The van der Waals surface area contributed by atoms with Gasteiger partial charge in [-0.25, -0.2) is 0 Å². The van der Waals surface area contributed by atoms with Crippen LogP contribution in [0.25, 0.3) is 0 Å². The van der Waals surface area contributed by atoms with Gasteiger partial charge < -0.3 is 0 Å². The van der Waals surface area contributed by atoms with Gasteiger partial charge in [0.25, 0.3) is 0 Å². The molecule has 0 aliphatic heterocycles. The number of nitrogens with zero attached hydrogens (tertiary/aromatic N) is 1. The highest BCUT2D eigenvalue weighted by Crippen LogP contribution is 2.21. The van der Waals surface area contributed by atoms with Crippen molar-refractivity contribution in [1.29, 1.82) is 0 Å². The van der Waals surface area contributed by atoms with Crippen molar-refractivity contribution in [1.82, 2.24) is 0 Å². The van der Waals surface area contributed by atoms with Crippen LogP contribution in [-0.4, -0.2) is 11.5 Å². The van der Waals surface area contributed by atoms with Gasteiger partial charge >= 0.3 is 0 Å². The Bertz CT molecular complexity index is 310. The molecule has 0 aliphatic carbocycles. The summed E-state index contributed by atoms with van der Waals surface area (Å²) in [6.07, 6.45) is 0.766. The fourth-order valence-electron chi connectivity index (χ4n) is 1.39. The molecule has 0 radical (unpaired) electrons. The third-order valence-electron chi connectivity index (χ3n) is 2.20. The summed E-state index contributed by atoms with van der Waals surface area (Å²) < 4.78 is 0. The van der Waals surface area contributed by atoms with Crippen LogP contribution < -0.4 is 0 Å². The van der Waals surface area contributed by atoms with E-state index in [9.17, 15) is 10.1 Å². The highest BCUT2D eigenvalue weighted by molar-refractivity contribution is 6.30. The summed E-state index contributed by atoms with van der Waals surface area (Å²) in [4.78, 5) is 10.1. The van der Waals surface area contributed by atoms with Crippen molar-refractivity contribution < 1.29 is 4.92 Å². The lowest BCUT2D eigenvalue weighted by atomic mass is 9.97. The van der Waals surface area contributed by atoms with Crippen LogP contribution >= 0.6 is 11.6 Å². The van der Waals surface area contributed by atoms with E-state index in [4.69, 9.17) is 11.6 Å². The molecule has 0 heterocycles. The van der Waals surface area contributed by atoms with E-state index in [0.717, 1.165) is 12.0 Å². The summed E-state index contributed by atoms with van der Waals surface area (Å²) in [7, 11) is 0. The van der Waals surface area contributed by atoms with Gasteiger partial charge in [-0.3, -0.25) is 10.1 Å². The predicted molar refractivity (Wildman–Crippen MR) is 56.3 cm³/mol. The minimum absolute atomic E-state index is 0.0118. The van der Waals surface area contributed by atoms with Crippen molar-refractivity contribution in [3.8, 4) is 0 Å². The maximum absolute atomic E-state index is 10.4. The van der Waals surface area contributed by atoms with Crippen molar-refractivity contribution in [2.24, 2.45) is 0 Å². The lowest BCUT2D eigenvalue weighted by Gasteiger charge is -2.10. The monoisotopic (exact) mass is 213 g/mol. The summed E-state index contributed by atoms with van der Waals surface area (Å²) in [5.74, 6) is -0.0118. The SMILES string of the molecule is CC[C@H](C[N+](=O)[O-])c1ccc(Cl)cc1. The molecule has 0 spiro atoms. The number of hydrogen-bond acceptors (Lipinski definition) is 2. The molecule has 0 saturated heterocycles. The first-order valence-electron chi connectivity index (χ1n) is 4.50. The van der Waals surface area contributed by atoms with Crippen LogP contribution in [0.4, 0.5) is 0 Å². The first kappa shape index (κ1) is 11.0. The number of rotatable bonds is 4. The number of benzene rings is 1. The van der Waals surface area contributed by atoms with E-state index in [1.165, 1.54) is 0 Å². The summed E-state index contributed by atoms with van der Waals surface area (Å²) in [5.41, 5.74) is 0.980. The second kappa shape index (κ2) is 4.96. The molecule has 0 bridgehead atoms. The van der Waals surface area contributed by atoms with E-state index >= 15 is 0 Å². The van der Waals surface area contributed by atoms with E-state index < -0.39 is 0 Å². The maximum Gasteiger partial charge on any atom is 0.210 e. The molecular weight excluding hydrogens is 202 g/mol. The van der Waals surface area contributed by atoms with Crippen molar-refractivity contribution in [3.63, 3.8) is 0 Å². The fraction of sp³-hybridized carbons (Fsp3) is 0.400. The quantitative estimate of drug-likeness (QED) is 0.570. The average molecular weight is 214 g/mol. The zero-order valence-corrected chi connectivity index (χ0v) is 8.70. The standard InChI is InChI=1S/C10H12ClNO2/c1-2-8(7-12(13)14)9-3-5-10(11)6-4-9/h3-6,8H,2,7H2,1H3/t8-/m1/s1. The Kier molecular flexibility index (Phi) is 3.89. The topological polar surface area (TPSA) is 43.1 Å². The van der Waals surface area contributed by atoms with Gasteiger partial charge in [-0.05, 0) is 24.1 Å². The Morgan fingerprint density at radius 2 is 2.00 bits per heavy atom. The maximum atomic E-state index is 10.4. The lowest BCUT2D eigenvalue weighted by molar-refractivity contribution is -0.483. The third-order valence-corrected chi connectivity index (χ3v) is 2.46. The summed E-state index contributed by atoms with van der Waals surface area (Å²) in [6, 6.07) is 7.22. The van der Waals surface area contributed by atoms with Crippen LogP contribution in [0.15, 0.2) is 24.3 Å². The van der Waals surface area contributed by atoms with Crippen LogP contribution in [0.3, 0.4) is 0 Å². The van der Waals surface area contributed by atoms with Crippen molar-refractivity contribution >= 4 is 11.6 Å². The van der Waals surface area contributed by atoms with E-state index in [0.29, 0.717) is 5.02 Å². The molecule has 4 heteroatoms. The fourth-order valence-corrected chi connectivity index (χ4v) is 1.51. The molecule has 0 amide bonds. The molecule has 76 valence electrons. The molecule has 1 aromatic carbocycles. The van der Waals surface area contributed by atoms with Gasteiger partial charge in [0.2, 0.25) is 6.54 Å². The molecule has 1 atom stereocenters. The lowest BCUT2D eigenvalue weighted by Crippen LogP contribution is -2.11. The second-order valence-electron chi connectivity index (χ2n) is 3.17. The summed E-state index contributed by atoms with van der Waals surface area (Å²) >= 11 is 5.73. The van der Waals surface area contributed by atoms with Gasteiger partial charge in [-0.2, -0.15) is 0 Å². The van der Waals surface area contributed by atoms with Gasteiger partial charge in [0.1, 0.15) is 0 Å². The zero-order valence-electron chi connectivity index (χ0n) is 7.94. The van der Waals surface area contributed by atoms with Crippen LogP contribution in [0.5, 0.6) is 0 Å². The predicted octanol–water partition coefficient (Wildman–Crippen LogP) is 3.11. The van der Waals surface area contributed by atoms with Gasteiger partial charge in [0, 0.05) is 15.9 Å². The molecule has 0 saturated carbocycles. The van der Waals surface area contributed by atoms with Crippen LogP contribution in [0.1, 0.15) is 24.8 Å². The van der Waals surface area contributed by atoms with Gasteiger partial charge in [-0.15, -0.1) is 0 Å². The molecule has 0 N–H and O–H groups in total. The van der Waals surface area contributed by atoms with Crippen molar-refractivity contribution in [2.45, 2.75) is 19.3 Å². The van der Waals surface area contributed by atoms with Crippen LogP contribution in [0.2, 0.25) is 5.02 Å². The third kappa shape index (κ3) is 3.00. The molecule has 3 nitrogen and oxygen atoms in total.